The molecule has 0 saturated carbocycles. The highest BCUT2D eigenvalue weighted by molar-refractivity contribution is 6.30. The summed E-state index contributed by atoms with van der Waals surface area (Å²) in [6, 6.07) is 25.0. The van der Waals surface area contributed by atoms with Gasteiger partial charge in [0.2, 0.25) is 5.89 Å². The second-order valence-corrected chi connectivity index (χ2v) is 7.73. The predicted octanol–water partition coefficient (Wildman–Crippen LogP) is 5.93. The Kier molecular flexibility index (Phi) is 4.88. The molecule has 0 radical (unpaired) electrons. The minimum atomic E-state index is -0.279. The van der Waals surface area contributed by atoms with Gasteiger partial charge in [0.1, 0.15) is 0 Å². The van der Waals surface area contributed by atoms with Crippen LogP contribution < -0.4 is 0 Å². The molecule has 0 atom stereocenters. The van der Waals surface area contributed by atoms with E-state index in [2.05, 4.69) is 14.8 Å². The fourth-order valence-corrected chi connectivity index (χ4v) is 3.94. The van der Waals surface area contributed by atoms with Gasteiger partial charge in [-0.1, -0.05) is 60.1 Å². The number of ketones is 1. The van der Waals surface area contributed by atoms with E-state index in [-0.39, 0.29) is 11.7 Å². The Hall–Kier alpha value is -3.70. The minimum absolute atomic E-state index is 0.0173. The molecule has 6 heteroatoms. The highest BCUT2D eigenvalue weighted by Gasteiger charge is 2.25. The number of halogens is 1. The van der Waals surface area contributed by atoms with Gasteiger partial charge in [-0.2, -0.15) is 0 Å². The number of benzene rings is 3. The van der Waals surface area contributed by atoms with Crippen LogP contribution in [0.2, 0.25) is 5.02 Å². The number of carbonyl (C=O) groups is 1. The highest BCUT2D eigenvalue weighted by atomic mass is 35.5. The lowest BCUT2D eigenvalue weighted by Gasteiger charge is -2.09. The van der Waals surface area contributed by atoms with Crippen molar-refractivity contribution in [1.82, 2.24) is 14.8 Å². The first-order valence-electron chi connectivity index (χ1n) is 9.87. The van der Waals surface area contributed by atoms with Crippen molar-refractivity contribution in [2.45, 2.75) is 13.5 Å². The summed E-state index contributed by atoms with van der Waals surface area (Å²) in [5, 5.41) is 9.65. The average molecular weight is 428 g/mol. The monoisotopic (exact) mass is 427 g/mol. The first-order chi connectivity index (χ1) is 15.1. The summed E-state index contributed by atoms with van der Waals surface area (Å²) in [5.74, 6) is 0.0288. The fourth-order valence-electron chi connectivity index (χ4n) is 3.81. The standard InChI is InChI=1S/C25H18ClN3O2/c1-16-22(23(30)25-28-27-24(31-25)18-7-3-2-4-8-18)20-9-5-6-10-21(20)29(16)15-17-11-13-19(26)14-12-17/h2-14H,15H2,1H3. The van der Waals surface area contributed by atoms with Crippen LogP contribution in [0.4, 0.5) is 0 Å². The van der Waals surface area contributed by atoms with Gasteiger partial charge in [-0.05, 0) is 42.8 Å². The van der Waals surface area contributed by atoms with Gasteiger partial charge < -0.3 is 8.98 Å². The fraction of sp³-hybridized carbons (Fsp3) is 0.0800. The summed E-state index contributed by atoms with van der Waals surface area (Å²) < 4.78 is 7.86. The van der Waals surface area contributed by atoms with Crippen LogP contribution in [0.15, 0.2) is 83.3 Å². The highest BCUT2D eigenvalue weighted by Crippen LogP contribution is 2.29. The van der Waals surface area contributed by atoms with Crippen molar-refractivity contribution in [2.24, 2.45) is 0 Å². The van der Waals surface area contributed by atoms with Crippen LogP contribution in [0, 0.1) is 6.92 Å². The molecule has 0 saturated heterocycles. The van der Waals surface area contributed by atoms with Gasteiger partial charge in [0.15, 0.2) is 0 Å². The zero-order valence-corrected chi connectivity index (χ0v) is 17.5. The third-order valence-corrected chi connectivity index (χ3v) is 5.60. The molecule has 0 fully saturated rings. The number of carbonyl (C=O) groups excluding carboxylic acids is 1. The molecule has 0 aliphatic rings. The van der Waals surface area contributed by atoms with Gasteiger partial charge >= 0.3 is 0 Å². The third-order valence-electron chi connectivity index (χ3n) is 5.35. The van der Waals surface area contributed by atoms with Gasteiger partial charge in [0, 0.05) is 33.7 Å². The van der Waals surface area contributed by atoms with Crippen molar-refractivity contribution in [3.63, 3.8) is 0 Å². The van der Waals surface area contributed by atoms with Crippen LogP contribution in [-0.4, -0.2) is 20.5 Å². The van der Waals surface area contributed by atoms with E-state index in [4.69, 9.17) is 16.0 Å². The molecular formula is C25H18ClN3O2. The lowest BCUT2D eigenvalue weighted by atomic mass is 10.1. The Labute approximate surface area is 183 Å². The molecule has 31 heavy (non-hydrogen) atoms. The van der Waals surface area contributed by atoms with E-state index in [9.17, 15) is 4.79 Å². The molecule has 152 valence electrons. The van der Waals surface area contributed by atoms with E-state index in [1.54, 1.807) is 0 Å². The summed E-state index contributed by atoms with van der Waals surface area (Å²) in [6.07, 6.45) is 0. The number of nitrogens with zero attached hydrogens (tertiary/aromatic N) is 3. The summed E-state index contributed by atoms with van der Waals surface area (Å²) in [4.78, 5) is 13.4. The topological polar surface area (TPSA) is 60.9 Å². The summed E-state index contributed by atoms with van der Waals surface area (Å²) in [5.41, 5.74) is 4.27. The van der Waals surface area contributed by atoms with E-state index in [0.717, 1.165) is 27.7 Å². The first-order valence-corrected chi connectivity index (χ1v) is 10.3. The summed E-state index contributed by atoms with van der Waals surface area (Å²) >= 11 is 6.03. The molecule has 3 aromatic carbocycles. The number of rotatable bonds is 5. The smallest absolute Gasteiger partial charge is 0.289 e. The van der Waals surface area contributed by atoms with E-state index >= 15 is 0 Å². The van der Waals surface area contributed by atoms with E-state index in [0.29, 0.717) is 23.0 Å². The maximum atomic E-state index is 13.4. The molecule has 5 rings (SSSR count). The minimum Gasteiger partial charge on any atom is -0.413 e. The summed E-state index contributed by atoms with van der Waals surface area (Å²) in [6.45, 7) is 2.56. The van der Waals surface area contributed by atoms with Crippen LogP contribution >= 0.6 is 11.6 Å². The molecule has 2 aromatic heterocycles. The number of para-hydroxylation sites is 1. The van der Waals surface area contributed by atoms with Gasteiger partial charge in [-0.25, -0.2) is 0 Å². The van der Waals surface area contributed by atoms with E-state index < -0.39 is 0 Å². The molecule has 0 aliphatic carbocycles. The number of hydrogen-bond donors (Lipinski definition) is 0. The van der Waals surface area contributed by atoms with Crippen molar-refractivity contribution in [2.75, 3.05) is 0 Å². The number of hydrogen-bond acceptors (Lipinski definition) is 4. The average Bonchev–Trinajstić information content (AvgIpc) is 3.40. The van der Waals surface area contributed by atoms with Crippen molar-refractivity contribution in [1.29, 1.82) is 0 Å². The Balaban J connectivity index is 1.57. The zero-order valence-electron chi connectivity index (χ0n) is 16.7. The normalized spacial score (nSPS) is 11.2. The largest absolute Gasteiger partial charge is 0.413 e. The van der Waals surface area contributed by atoms with E-state index in [1.165, 1.54) is 0 Å². The Morgan fingerprint density at radius 1 is 0.935 bits per heavy atom. The Bertz CT molecular complexity index is 1390. The molecule has 5 aromatic rings. The number of fused-ring (bicyclic) bond motifs is 1. The quantitative estimate of drug-likeness (QED) is 0.326. The second kappa shape index (κ2) is 7.85. The molecule has 0 amide bonds. The third kappa shape index (κ3) is 3.53. The molecule has 0 spiro atoms. The molecule has 0 aliphatic heterocycles. The SMILES string of the molecule is Cc1c(C(=O)c2nnc(-c3ccccc3)o2)c2ccccc2n1Cc1ccc(Cl)cc1. The molecule has 2 heterocycles. The lowest BCUT2D eigenvalue weighted by molar-refractivity contribution is 0.100. The van der Waals surface area contributed by atoms with Gasteiger partial charge in [0.25, 0.3) is 11.7 Å². The van der Waals surface area contributed by atoms with E-state index in [1.807, 2.05) is 85.8 Å². The van der Waals surface area contributed by atoms with Crippen molar-refractivity contribution >= 4 is 28.3 Å². The molecule has 0 N–H and O–H groups in total. The Morgan fingerprint density at radius 2 is 1.65 bits per heavy atom. The number of aromatic nitrogens is 3. The van der Waals surface area contributed by atoms with Crippen LogP contribution in [0.5, 0.6) is 0 Å². The lowest BCUT2D eigenvalue weighted by Crippen LogP contribution is -2.06. The van der Waals surface area contributed by atoms with Crippen LogP contribution in [0.25, 0.3) is 22.4 Å². The second-order valence-electron chi connectivity index (χ2n) is 7.30. The molecule has 0 unspecified atom stereocenters. The van der Waals surface area contributed by atoms with Gasteiger partial charge in [0.05, 0.1) is 5.56 Å². The molecule has 0 bridgehead atoms. The van der Waals surface area contributed by atoms with Gasteiger partial charge in [-0.3, -0.25) is 4.79 Å². The molecular weight excluding hydrogens is 410 g/mol. The van der Waals surface area contributed by atoms with Gasteiger partial charge in [-0.15, -0.1) is 10.2 Å². The van der Waals surface area contributed by atoms with Crippen molar-refractivity contribution in [3.05, 3.63) is 107 Å². The summed E-state index contributed by atoms with van der Waals surface area (Å²) in [7, 11) is 0. The molecule has 5 nitrogen and oxygen atoms in total. The van der Waals surface area contributed by atoms with Crippen LogP contribution in [0.1, 0.15) is 27.5 Å². The van der Waals surface area contributed by atoms with Crippen molar-refractivity contribution in [3.8, 4) is 11.5 Å². The van der Waals surface area contributed by atoms with Crippen LogP contribution in [-0.2, 0) is 6.54 Å². The Morgan fingerprint density at radius 3 is 2.42 bits per heavy atom. The zero-order chi connectivity index (χ0) is 21.4. The van der Waals surface area contributed by atoms with Crippen molar-refractivity contribution < 1.29 is 9.21 Å². The maximum Gasteiger partial charge on any atom is 0.289 e. The maximum absolute atomic E-state index is 13.4. The predicted molar refractivity (Wildman–Crippen MR) is 120 cm³/mol. The first kappa shape index (κ1) is 19.3. The van der Waals surface area contributed by atoms with Crippen LogP contribution in [0.3, 0.4) is 0 Å².